The number of nitrogens with zero attached hydrogens (tertiary/aromatic N) is 2. The smallest absolute Gasteiger partial charge is 0.233 e. The number of unbranched alkanes of at least 4 members (excludes halogenated alkanes) is 3. The molecule has 1 heterocycles. The van der Waals surface area contributed by atoms with Gasteiger partial charge in [0.05, 0.1) is 6.61 Å². The maximum Gasteiger partial charge on any atom is 0.233 e. The molecule has 2 N–H and O–H groups in total. The first-order chi connectivity index (χ1) is 7.25. The fraction of sp³-hybridized carbons (Fsp3) is 0.600. The summed E-state index contributed by atoms with van der Waals surface area (Å²) in [5.74, 6) is 0.938. The Morgan fingerprint density at radius 2 is 2.13 bits per heavy atom. The van der Waals surface area contributed by atoms with Crippen molar-refractivity contribution >= 4 is 21.7 Å². The Balaban J connectivity index is 2.34. The van der Waals surface area contributed by atoms with Crippen LogP contribution in [0.4, 0.5) is 5.82 Å². The molecule has 15 heavy (non-hydrogen) atoms. The number of ether oxygens (including phenoxy) is 1. The van der Waals surface area contributed by atoms with Gasteiger partial charge >= 0.3 is 0 Å². The van der Waals surface area contributed by atoms with Gasteiger partial charge in [-0.25, -0.2) is 9.97 Å². The summed E-state index contributed by atoms with van der Waals surface area (Å²) in [7, 11) is 0. The van der Waals surface area contributed by atoms with Crippen molar-refractivity contribution < 1.29 is 4.74 Å². The molecule has 0 aromatic carbocycles. The van der Waals surface area contributed by atoms with E-state index in [0.29, 0.717) is 22.8 Å². The van der Waals surface area contributed by atoms with Crippen LogP contribution in [0.2, 0.25) is 0 Å². The number of nitrogen functional groups attached to an aromatic ring is 1. The molecule has 1 aromatic rings. The second kappa shape index (κ2) is 6.61. The molecule has 0 spiro atoms. The van der Waals surface area contributed by atoms with E-state index in [1.165, 1.54) is 25.6 Å². The number of halogens is 1. The Bertz CT molecular complexity index is 307. The van der Waals surface area contributed by atoms with Crippen LogP contribution in [0.15, 0.2) is 10.8 Å². The average molecular weight is 274 g/mol. The molecule has 0 bridgehead atoms. The first-order valence-electron chi connectivity index (χ1n) is 5.14. The van der Waals surface area contributed by atoms with Crippen LogP contribution in [0, 0.1) is 0 Å². The highest BCUT2D eigenvalue weighted by atomic mass is 79.9. The third-order valence-electron chi connectivity index (χ3n) is 2.02. The van der Waals surface area contributed by atoms with E-state index in [1.807, 2.05) is 0 Å². The van der Waals surface area contributed by atoms with E-state index in [-0.39, 0.29) is 0 Å². The van der Waals surface area contributed by atoms with Crippen molar-refractivity contribution in [1.29, 1.82) is 0 Å². The average Bonchev–Trinajstić information content (AvgIpc) is 2.24. The molecule has 0 atom stereocenters. The van der Waals surface area contributed by atoms with Crippen LogP contribution in [0.25, 0.3) is 0 Å². The van der Waals surface area contributed by atoms with Gasteiger partial charge in [0.1, 0.15) is 16.6 Å². The lowest BCUT2D eigenvalue weighted by molar-refractivity contribution is 0.291. The van der Waals surface area contributed by atoms with E-state index < -0.39 is 0 Å². The zero-order valence-electron chi connectivity index (χ0n) is 8.87. The van der Waals surface area contributed by atoms with E-state index in [9.17, 15) is 0 Å². The molecular formula is C10H16BrN3O. The zero-order valence-corrected chi connectivity index (χ0v) is 10.5. The second-order valence-corrected chi connectivity index (χ2v) is 4.08. The summed E-state index contributed by atoms with van der Waals surface area (Å²) in [6, 6.07) is 0. The van der Waals surface area contributed by atoms with Crippen LogP contribution in [0.5, 0.6) is 5.88 Å². The van der Waals surface area contributed by atoms with E-state index in [4.69, 9.17) is 10.5 Å². The first-order valence-corrected chi connectivity index (χ1v) is 5.93. The van der Waals surface area contributed by atoms with Gasteiger partial charge in [-0.15, -0.1) is 0 Å². The number of nitrogens with two attached hydrogens (primary N) is 1. The lowest BCUT2D eigenvalue weighted by Gasteiger charge is -2.07. The van der Waals surface area contributed by atoms with E-state index in [0.717, 1.165) is 6.42 Å². The Hall–Kier alpha value is -0.840. The Kier molecular flexibility index (Phi) is 5.39. The van der Waals surface area contributed by atoms with Crippen LogP contribution < -0.4 is 10.5 Å². The summed E-state index contributed by atoms with van der Waals surface area (Å²) in [5.41, 5.74) is 5.59. The number of aromatic nitrogens is 2. The highest BCUT2D eigenvalue weighted by Crippen LogP contribution is 2.26. The molecular weight excluding hydrogens is 258 g/mol. The van der Waals surface area contributed by atoms with Crippen LogP contribution in [-0.4, -0.2) is 16.6 Å². The van der Waals surface area contributed by atoms with Gasteiger partial charge < -0.3 is 10.5 Å². The summed E-state index contributed by atoms with van der Waals surface area (Å²) in [4.78, 5) is 7.83. The number of hydrogen-bond donors (Lipinski definition) is 1. The molecule has 0 saturated heterocycles. The highest BCUT2D eigenvalue weighted by molar-refractivity contribution is 9.10. The van der Waals surface area contributed by atoms with Crippen molar-refractivity contribution in [1.82, 2.24) is 9.97 Å². The molecule has 0 aliphatic carbocycles. The summed E-state index contributed by atoms with van der Waals surface area (Å²) >= 11 is 3.29. The highest BCUT2D eigenvalue weighted by Gasteiger charge is 2.06. The fourth-order valence-electron chi connectivity index (χ4n) is 1.16. The summed E-state index contributed by atoms with van der Waals surface area (Å²) < 4.78 is 6.13. The molecule has 0 fully saturated rings. The van der Waals surface area contributed by atoms with Crippen LogP contribution >= 0.6 is 15.9 Å². The van der Waals surface area contributed by atoms with Crippen LogP contribution in [-0.2, 0) is 0 Å². The van der Waals surface area contributed by atoms with Gasteiger partial charge in [0, 0.05) is 0 Å². The van der Waals surface area contributed by atoms with Crippen molar-refractivity contribution in [3.05, 3.63) is 10.8 Å². The lowest BCUT2D eigenvalue weighted by Crippen LogP contribution is -2.02. The molecule has 0 aliphatic rings. The van der Waals surface area contributed by atoms with Gasteiger partial charge in [-0.3, -0.25) is 0 Å². The SMILES string of the molecule is CCCCCCOc1ncnc(N)c1Br. The Morgan fingerprint density at radius 3 is 2.87 bits per heavy atom. The molecule has 1 aromatic heterocycles. The van der Waals surface area contributed by atoms with Gasteiger partial charge in [0.25, 0.3) is 0 Å². The Labute approximate surface area is 98.4 Å². The van der Waals surface area contributed by atoms with Crippen molar-refractivity contribution in [2.75, 3.05) is 12.3 Å². The second-order valence-electron chi connectivity index (χ2n) is 3.29. The molecule has 0 amide bonds. The molecule has 0 aliphatic heterocycles. The van der Waals surface area contributed by atoms with Gasteiger partial charge in [0.2, 0.25) is 5.88 Å². The van der Waals surface area contributed by atoms with Gasteiger partial charge in [0.15, 0.2) is 0 Å². The quantitative estimate of drug-likeness (QED) is 0.810. The minimum atomic E-state index is 0.411. The van der Waals surface area contributed by atoms with Crippen molar-refractivity contribution in [3.8, 4) is 5.88 Å². The van der Waals surface area contributed by atoms with E-state index in [1.54, 1.807) is 0 Å². The summed E-state index contributed by atoms with van der Waals surface area (Å²) in [5, 5.41) is 0. The molecule has 84 valence electrons. The maximum absolute atomic E-state index is 5.59. The topological polar surface area (TPSA) is 61.0 Å². The van der Waals surface area contributed by atoms with Gasteiger partial charge in [-0.2, -0.15) is 0 Å². The third kappa shape index (κ3) is 4.03. The molecule has 0 saturated carbocycles. The molecule has 4 nitrogen and oxygen atoms in total. The minimum Gasteiger partial charge on any atom is -0.477 e. The van der Waals surface area contributed by atoms with Crippen molar-refractivity contribution in [2.45, 2.75) is 32.6 Å². The number of anilines is 1. The number of rotatable bonds is 6. The minimum absolute atomic E-state index is 0.411. The summed E-state index contributed by atoms with van der Waals surface area (Å²) in [6.07, 6.45) is 6.11. The molecule has 1 rings (SSSR count). The normalized spacial score (nSPS) is 10.3. The number of hydrogen-bond acceptors (Lipinski definition) is 4. The van der Waals surface area contributed by atoms with Crippen LogP contribution in [0.1, 0.15) is 32.6 Å². The van der Waals surface area contributed by atoms with Gasteiger partial charge in [-0.05, 0) is 22.4 Å². The standard InChI is InChI=1S/C10H16BrN3O/c1-2-3-4-5-6-15-10-8(11)9(12)13-7-14-10/h7H,2-6H2,1H3,(H2,12,13,14). The fourth-order valence-corrected chi connectivity index (χ4v) is 1.48. The van der Waals surface area contributed by atoms with Gasteiger partial charge in [-0.1, -0.05) is 26.2 Å². The molecule has 5 heteroatoms. The predicted molar refractivity (Wildman–Crippen MR) is 63.8 cm³/mol. The maximum atomic E-state index is 5.59. The summed E-state index contributed by atoms with van der Waals surface area (Å²) in [6.45, 7) is 2.86. The van der Waals surface area contributed by atoms with E-state index in [2.05, 4.69) is 32.8 Å². The van der Waals surface area contributed by atoms with Crippen molar-refractivity contribution in [2.24, 2.45) is 0 Å². The molecule has 0 radical (unpaired) electrons. The van der Waals surface area contributed by atoms with E-state index >= 15 is 0 Å². The van der Waals surface area contributed by atoms with Crippen molar-refractivity contribution in [3.63, 3.8) is 0 Å². The zero-order chi connectivity index (χ0) is 11.1. The molecule has 0 unspecified atom stereocenters. The first kappa shape index (κ1) is 12.2. The predicted octanol–water partition coefficient (Wildman–Crippen LogP) is 2.78. The lowest BCUT2D eigenvalue weighted by atomic mass is 10.2. The van der Waals surface area contributed by atoms with Crippen LogP contribution in [0.3, 0.4) is 0 Å². The Morgan fingerprint density at radius 1 is 1.33 bits per heavy atom. The third-order valence-corrected chi connectivity index (χ3v) is 2.77. The largest absolute Gasteiger partial charge is 0.477 e. The monoisotopic (exact) mass is 273 g/mol.